The van der Waals surface area contributed by atoms with Crippen LogP contribution in [0.1, 0.15) is 5.56 Å². The molecule has 0 bridgehead atoms. The molecule has 6 aromatic rings. The Morgan fingerprint density at radius 1 is 1.12 bits per heavy atom. The van der Waals surface area contributed by atoms with Gasteiger partial charge in [0.1, 0.15) is 28.7 Å². The standard InChI is InChI=1S/C23H15FN4O3S2/c1-29-23-27-28-10-17(25-22(28)33-23)19-9-16-14(7-15(24)8-18(16)31-19)11-30-20-12-32-21(26-20)13-5-3-2-4-6-13/h2-10,12H,11H2,1H3. The molecule has 0 saturated heterocycles. The molecule has 0 amide bonds. The van der Waals surface area contributed by atoms with E-state index in [-0.39, 0.29) is 6.61 Å². The molecule has 0 N–H and O–H groups in total. The summed E-state index contributed by atoms with van der Waals surface area (Å²) in [6.07, 6.45) is 1.75. The van der Waals surface area contributed by atoms with Gasteiger partial charge in [-0.25, -0.2) is 18.9 Å². The fourth-order valence-electron chi connectivity index (χ4n) is 3.49. The maximum Gasteiger partial charge on any atom is 0.294 e. The van der Waals surface area contributed by atoms with Crippen molar-refractivity contribution in [2.24, 2.45) is 0 Å². The van der Waals surface area contributed by atoms with Crippen LogP contribution in [0.4, 0.5) is 4.39 Å². The molecule has 33 heavy (non-hydrogen) atoms. The summed E-state index contributed by atoms with van der Waals surface area (Å²) in [5.74, 6) is 0.616. The second-order valence-corrected chi connectivity index (χ2v) is 8.93. The summed E-state index contributed by atoms with van der Waals surface area (Å²) in [6.45, 7) is 0.155. The smallest absolute Gasteiger partial charge is 0.294 e. The molecule has 0 aliphatic heterocycles. The van der Waals surface area contributed by atoms with Gasteiger partial charge in [0.2, 0.25) is 10.8 Å². The number of aromatic nitrogens is 4. The van der Waals surface area contributed by atoms with Crippen molar-refractivity contribution in [3.05, 3.63) is 71.5 Å². The number of fused-ring (bicyclic) bond motifs is 2. The lowest BCUT2D eigenvalue weighted by Gasteiger charge is -2.04. The second kappa shape index (κ2) is 7.98. The molecule has 0 aliphatic carbocycles. The Bertz CT molecular complexity index is 1550. The van der Waals surface area contributed by atoms with Crippen molar-refractivity contribution in [3.8, 4) is 33.1 Å². The highest BCUT2D eigenvalue weighted by Gasteiger charge is 2.17. The average molecular weight is 479 g/mol. The number of benzene rings is 2. The molecule has 10 heteroatoms. The van der Waals surface area contributed by atoms with Crippen molar-refractivity contribution in [1.82, 2.24) is 19.6 Å². The monoisotopic (exact) mass is 478 g/mol. The van der Waals surface area contributed by atoms with Crippen molar-refractivity contribution in [2.45, 2.75) is 6.61 Å². The maximum atomic E-state index is 14.3. The Hall–Kier alpha value is -3.76. The fraction of sp³-hybridized carbons (Fsp3) is 0.0870. The molecule has 7 nitrogen and oxygen atoms in total. The van der Waals surface area contributed by atoms with Gasteiger partial charge >= 0.3 is 0 Å². The van der Waals surface area contributed by atoms with Crippen LogP contribution in [0.15, 0.2) is 64.5 Å². The van der Waals surface area contributed by atoms with Crippen LogP contribution in [0.2, 0.25) is 0 Å². The highest BCUT2D eigenvalue weighted by molar-refractivity contribution is 7.18. The summed E-state index contributed by atoms with van der Waals surface area (Å²) in [5.41, 5.74) is 2.72. The van der Waals surface area contributed by atoms with Gasteiger partial charge in [0.05, 0.1) is 18.7 Å². The first-order chi connectivity index (χ1) is 16.2. The molecule has 4 aromatic heterocycles. The van der Waals surface area contributed by atoms with Crippen LogP contribution in [0, 0.1) is 5.82 Å². The van der Waals surface area contributed by atoms with Crippen LogP contribution >= 0.6 is 22.7 Å². The van der Waals surface area contributed by atoms with Gasteiger partial charge in [-0.05, 0) is 23.5 Å². The number of ether oxygens (including phenoxy) is 2. The number of rotatable bonds is 6. The highest BCUT2D eigenvalue weighted by atomic mass is 32.1. The second-order valence-electron chi connectivity index (χ2n) is 7.16. The zero-order valence-corrected chi connectivity index (χ0v) is 18.8. The number of thiazole rings is 1. The summed E-state index contributed by atoms with van der Waals surface area (Å²) in [7, 11) is 1.56. The fourth-order valence-corrected chi connectivity index (χ4v) is 4.94. The van der Waals surface area contributed by atoms with E-state index < -0.39 is 5.82 Å². The maximum absolute atomic E-state index is 14.3. The molecule has 0 saturated carbocycles. The Labute approximate surface area is 194 Å². The van der Waals surface area contributed by atoms with E-state index in [1.54, 1.807) is 17.8 Å². The predicted molar refractivity (Wildman–Crippen MR) is 124 cm³/mol. The molecule has 4 heterocycles. The summed E-state index contributed by atoms with van der Waals surface area (Å²) >= 11 is 2.82. The van der Waals surface area contributed by atoms with Crippen LogP contribution in [-0.4, -0.2) is 26.7 Å². The van der Waals surface area contributed by atoms with Gasteiger partial charge in [-0.1, -0.05) is 30.3 Å². The third-order valence-corrected chi connectivity index (χ3v) is 6.77. The summed E-state index contributed by atoms with van der Waals surface area (Å²) < 4.78 is 32.8. The molecule has 0 fully saturated rings. The Morgan fingerprint density at radius 3 is 2.82 bits per heavy atom. The molecular formula is C23H15FN4O3S2. The minimum absolute atomic E-state index is 0.155. The van der Waals surface area contributed by atoms with E-state index in [2.05, 4.69) is 15.1 Å². The van der Waals surface area contributed by atoms with E-state index in [9.17, 15) is 4.39 Å². The minimum atomic E-state index is -0.400. The molecular weight excluding hydrogens is 463 g/mol. The lowest BCUT2D eigenvalue weighted by molar-refractivity contribution is 0.297. The number of nitrogens with zero attached hydrogens (tertiary/aromatic N) is 4. The van der Waals surface area contributed by atoms with E-state index in [0.29, 0.717) is 38.6 Å². The zero-order chi connectivity index (χ0) is 22.4. The first-order valence-corrected chi connectivity index (χ1v) is 11.6. The van der Waals surface area contributed by atoms with Crippen LogP contribution in [0.25, 0.3) is 38.0 Å². The quantitative estimate of drug-likeness (QED) is 0.290. The van der Waals surface area contributed by atoms with Crippen LogP contribution in [0.3, 0.4) is 0 Å². The largest absolute Gasteiger partial charge is 0.472 e. The first-order valence-electron chi connectivity index (χ1n) is 9.92. The molecule has 0 spiro atoms. The topological polar surface area (TPSA) is 74.7 Å². The van der Waals surface area contributed by atoms with Crippen molar-refractivity contribution < 1.29 is 18.3 Å². The molecule has 6 rings (SSSR count). The lowest BCUT2D eigenvalue weighted by Crippen LogP contribution is -1.97. The Kier molecular flexibility index (Phi) is 4.81. The van der Waals surface area contributed by atoms with E-state index in [1.807, 2.05) is 41.8 Å². The third-order valence-electron chi connectivity index (χ3n) is 5.02. The molecule has 0 atom stereocenters. The summed E-state index contributed by atoms with van der Waals surface area (Å²) in [6, 6.07) is 14.5. The van der Waals surface area contributed by atoms with Crippen molar-refractivity contribution in [2.75, 3.05) is 7.11 Å². The predicted octanol–water partition coefficient (Wildman–Crippen LogP) is 6.05. The number of hydrogen-bond donors (Lipinski definition) is 0. The van der Waals surface area contributed by atoms with Gasteiger partial charge in [-0.15, -0.1) is 16.4 Å². The van der Waals surface area contributed by atoms with Crippen molar-refractivity contribution in [1.29, 1.82) is 0 Å². The van der Waals surface area contributed by atoms with Gasteiger partial charge in [0.25, 0.3) is 5.19 Å². The van der Waals surface area contributed by atoms with Gasteiger partial charge in [-0.3, -0.25) is 0 Å². The lowest BCUT2D eigenvalue weighted by atomic mass is 10.1. The van der Waals surface area contributed by atoms with E-state index in [4.69, 9.17) is 13.9 Å². The van der Waals surface area contributed by atoms with Crippen LogP contribution < -0.4 is 9.47 Å². The Morgan fingerprint density at radius 2 is 2.00 bits per heavy atom. The number of furan rings is 1. The minimum Gasteiger partial charge on any atom is -0.472 e. The number of halogens is 1. The number of methoxy groups -OCH3 is 1. The van der Waals surface area contributed by atoms with Crippen molar-refractivity contribution in [3.63, 3.8) is 0 Å². The first kappa shape index (κ1) is 19.9. The molecule has 0 radical (unpaired) electrons. The Balaban J connectivity index is 1.28. The average Bonchev–Trinajstić information content (AvgIpc) is 3.59. The molecule has 0 unspecified atom stereocenters. The van der Waals surface area contributed by atoms with Gasteiger partial charge < -0.3 is 13.9 Å². The third kappa shape index (κ3) is 3.73. The van der Waals surface area contributed by atoms with Gasteiger partial charge in [0.15, 0.2) is 5.76 Å². The van der Waals surface area contributed by atoms with Crippen LogP contribution in [0.5, 0.6) is 11.1 Å². The van der Waals surface area contributed by atoms with Gasteiger partial charge in [0, 0.05) is 22.6 Å². The van der Waals surface area contributed by atoms with Gasteiger partial charge in [-0.2, -0.15) is 0 Å². The molecule has 2 aromatic carbocycles. The van der Waals surface area contributed by atoms with E-state index >= 15 is 0 Å². The van der Waals surface area contributed by atoms with Crippen LogP contribution in [-0.2, 0) is 6.61 Å². The highest BCUT2D eigenvalue weighted by Crippen LogP contribution is 2.33. The normalized spacial score (nSPS) is 11.5. The van der Waals surface area contributed by atoms with E-state index in [1.165, 1.54) is 34.8 Å². The summed E-state index contributed by atoms with van der Waals surface area (Å²) in [5, 5.41) is 8.26. The number of imidazole rings is 1. The summed E-state index contributed by atoms with van der Waals surface area (Å²) in [4.78, 5) is 9.75. The van der Waals surface area contributed by atoms with E-state index in [0.717, 1.165) is 16.0 Å². The molecule has 0 aliphatic rings. The SMILES string of the molecule is COc1nn2cc(-c3cc4c(COc5csc(-c6ccccc6)n5)cc(F)cc4o3)nc2s1. The number of hydrogen-bond acceptors (Lipinski definition) is 8. The molecule has 164 valence electrons. The van der Waals surface area contributed by atoms with Crippen molar-refractivity contribution >= 4 is 38.6 Å². The zero-order valence-electron chi connectivity index (χ0n) is 17.2.